The summed E-state index contributed by atoms with van der Waals surface area (Å²) in [7, 11) is 0. The number of carboxylic acid groups (broad SMARTS) is 1. The van der Waals surface area contributed by atoms with Gasteiger partial charge in [-0.1, -0.05) is 0 Å². The molecule has 1 aromatic rings. The van der Waals surface area contributed by atoms with Crippen molar-refractivity contribution in [1.82, 2.24) is 25.1 Å². The van der Waals surface area contributed by atoms with Crippen LogP contribution in [0.4, 0.5) is 4.39 Å². The molecule has 1 unspecified atom stereocenters. The molecule has 0 saturated carbocycles. The highest BCUT2D eigenvalue weighted by Gasteiger charge is 2.46. The Labute approximate surface area is 95.0 Å². The molecule has 0 spiro atoms. The van der Waals surface area contributed by atoms with Crippen LogP contribution < -0.4 is 0 Å². The van der Waals surface area contributed by atoms with Crippen LogP contribution in [-0.4, -0.2) is 60.8 Å². The fourth-order valence-corrected chi connectivity index (χ4v) is 1.65. The molecule has 0 aromatic carbocycles. The Morgan fingerprint density at radius 3 is 2.82 bits per heavy atom. The van der Waals surface area contributed by atoms with E-state index in [1.165, 1.54) is 11.0 Å². The van der Waals surface area contributed by atoms with Gasteiger partial charge < -0.3 is 10.0 Å². The van der Waals surface area contributed by atoms with Gasteiger partial charge in [0.15, 0.2) is 0 Å². The number of carbonyl (C=O) groups is 2. The molecular formula is C8H10FN5O3. The van der Waals surface area contributed by atoms with Crippen molar-refractivity contribution in [2.24, 2.45) is 0 Å². The van der Waals surface area contributed by atoms with Gasteiger partial charge >= 0.3 is 5.97 Å². The first-order valence-electron chi connectivity index (χ1n) is 4.92. The molecule has 1 fully saturated rings. The fraction of sp³-hybridized carbons (Fsp3) is 0.625. The maximum Gasteiger partial charge on any atom is 0.343 e. The summed E-state index contributed by atoms with van der Waals surface area (Å²) in [6, 6.07) is 0. The number of nitrogens with zero attached hydrogens (tertiary/aromatic N) is 5. The Bertz CT molecular complexity index is 436. The maximum atomic E-state index is 13.7. The number of alkyl halides is 1. The van der Waals surface area contributed by atoms with Gasteiger partial charge in [-0.2, -0.15) is 0 Å². The second-order valence-corrected chi connectivity index (χ2v) is 3.84. The van der Waals surface area contributed by atoms with Crippen LogP contribution in [0.3, 0.4) is 0 Å². The van der Waals surface area contributed by atoms with Crippen molar-refractivity contribution >= 4 is 11.9 Å². The third kappa shape index (κ3) is 2.22. The Morgan fingerprint density at radius 1 is 1.53 bits per heavy atom. The van der Waals surface area contributed by atoms with Crippen molar-refractivity contribution in [3.63, 3.8) is 0 Å². The lowest BCUT2D eigenvalue weighted by atomic mass is 10.1. The van der Waals surface area contributed by atoms with E-state index in [9.17, 15) is 14.0 Å². The van der Waals surface area contributed by atoms with E-state index in [-0.39, 0.29) is 19.5 Å². The summed E-state index contributed by atoms with van der Waals surface area (Å²) in [5.41, 5.74) is -2.34. The average Bonchev–Trinajstić information content (AvgIpc) is 2.88. The summed E-state index contributed by atoms with van der Waals surface area (Å²) in [6.45, 7) is -0.463. The third-order valence-electron chi connectivity index (χ3n) is 2.64. The van der Waals surface area contributed by atoms with Crippen LogP contribution >= 0.6 is 0 Å². The Morgan fingerprint density at radius 2 is 2.29 bits per heavy atom. The smallest absolute Gasteiger partial charge is 0.343 e. The monoisotopic (exact) mass is 243 g/mol. The number of amides is 1. The van der Waals surface area contributed by atoms with Gasteiger partial charge in [-0.05, 0) is 10.4 Å². The molecule has 2 heterocycles. The van der Waals surface area contributed by atoms with Gasteiger partial charge in [0.25, 0.3) is 0 Å². The molecule has 1 aromatic heterocycles. The van der Waals surface area contributed by atoms with Crippen LogP contribution in [0.2, 0.25) is 0 Å². The van der Waals surface area contributed by atoms with E-state index in [0.717, 1.165) is 4.90 Å². The number of halogens is 1. The summed E-state index contributed by atoms with van der Waals surface area (Å²) < 4.78 is 14.9. The van der Waals surface area contributed by atoms with Crippen LogP contribution in [0.25, 0.3) is 0 Å². The summed E-state index contributed by atoms with van der Waals surface area (Å²) in [6.07, 6.45) is 1.07. The van der Waals surface area contributed by atoms with Crippen LogP contribution in [0.5, 0.6) is 0 Å². The zero-order chi connectivity index (χ0) is 12.5. The van der Waals surface area contributed by atoms with Gasteiger partial charge in [0.2, 0.25) is 11.6 Å². The number of likely N-dealkylation sites (tertiary alicyclic amines) is 1. The van der Waals surface area contributed by atoms with Crippen LogP contribution in [0.1, 0.15) is 6.42 Å². The summed E-state index contributed by atoms with van der Waals surface area (Å²) >= 11 is 0. The third-order valence-corrected chi connectivity index (χ3v) is 2.64. The van der Waals surface area contributed by atoms with E-state index in [1.54, 1.807) is 0 Å². The van der Waals surface area contributed by atoms with Gasteiger partial charge in [-0.25, -0.2) is 13.9 Å². The molecule has 0 radical (unpaired) electrons. The van der Waals surface area contributed by atoms with Gasteiger partial charge in [0.05, 0.1) is 6.54 Å². The summed E-state index contributed by atoms with van der Waals surface area (Å²) in [4.78, 5) is 23.5. The molecule has 8 nitrogen and oxygen atoms in total. The van der Waals surface area contributed by atoms with E-state index in [4.69, 9.17) is 5.11 Å². The molecule has 17 heavy (non-hydrogen) atoms. The molecule has 1 N–H and O–H groups in total. The van der Waals surface area contributed by atoms with Gasteiger partial charge in [-0.15, -0.1) is 5.10 Å². The summed E-state index contributed by atoms with van der Waals surface area (Å²) in [5, 5.41) is 18.9. The highest BCUT2D eigenvalue weighted by molar-refractivity contribution is 5.82. The minimum atomic E-state index is -2.34. The highest BCUT2D eigenvalue weighted by Crippen LogP contribution is 2.25. The van der Waals surface area contributed by atoms with Crippen molar-refractivity contribution in [1.29, 1.82) is 0 Å². The Kier molecular flexibility index (Phi) is 2.74. The minimum absolute atomic E-state index is 0.0871. The first-order valence-corrected chi connectivity index (χ1v) is 4.92. The lowest BCUT2D eigenvalue weighted by Gasteiger charge is -2.17. The lowest BCUT2D eigenvalue weighted by molar-refractivity contribution is -0.150. The predicted octanol–water partition coefficient (Wildman–Crippen LogP) is -1.30. The largest absolute Gasteiger partial charge is 0.479 e. The molecule has 1 atom stereocenters. The van der Waals surface area contributed by atoms with Crippen molar-refractivity contribution in [2.45, 2.75) is 18.6 Å². The number of aliphatic carboxylic acids is 1. The molecule has 1 aliphatic heterocycles. The lowest BCUT2D eigenvalue weighted by Crippen LogP contribution is -2.39. The normalized spacial score (nSPS) is 23.9. The highest BCUT2D eigenvalue weighted by atomic mass is 19.1. The molecule has 9 heteroatoms. The van der Waals surface area contributed by atoms with E-state index in [0.29, 0.717) is 0 Å². The van der Waals surface area contributed by atoms with Crippen LogP contribution in [-0.2, 0) is 16.1 Å². The van der Waals surface area contributed by atoms with Crippen molar-refractivity contribution in [3.05, 3.63) is 6.33 Å². The van der Waals surface area contributed by atoms with Crippen molar-refractivity contribution in [2.75, 3.05) is 13.1 Å². The number of carboxylic acids is 1. The number of hydrogen-bond acceptors (Lipinski definition) is 5. The standard InChI is InChI=1S/C8H10FN5O3/c9-8(7(16)17)1-2-13(4-8)6(15)3-14-5-10-11-12-14/h5H,1-4H2,(H,16,17). The zero-order valence-electron chi connectivity index (χ0n) is 8.78. The number of rotatable bonds is 3. The van der Waals surface area contributed by atoms with Crippen molar-refractivity contribution in [3.8, 4) is 0 Å². The summed E-state index contributed by atoms with van der Waals surface area (Å²) in [5.74, 6) is -1.94. The average molecular weight is 243 g/mol. The molecule has 1 amide bonds. The number of carbonyl (C=O) groups excluding carboxylic acids is 1. The molecule has 0 bridgehead atoms. The number of hydrogen-bond donors (Lipinski definition) is 1. The van der Waals surface area contributed by atoms with Gasteiger partial charge in [-0.3, -0.25) is 4.79 Å². The molecule has 2 rings (SSSR count). The Balaban J connectivity index is 1.97. The van der Waals surface area contributed by atoms with E-state index < -0.39 is 24.1 Å². The zero-order valence-corrected chi connectivity index (χ0v) is 8.78. The molecule has 1 aliphatic rings. The first-order chi connectivity index (χ1) is 8.01. The second-order valence-electron chi connectivity index (χ2n) is 3.84. The quantitative estimate of drug-likeness (QED) is 0.708. The number of tetrazole rings is 1. The molecule has 0 aliphatic carbocycles. The van der Waals surface area contributed by atoms with E-state index in [2.05, 4.69) is 15.5 Å². The Hall–Kier alpha value is -2.06. The first kappa shape index (κ1) is 11.4. The molecular weight excluding hydrogens is 233 g/mol. The minimum Gasteiger partial charge on any atom is -0.479 e. The SMILES string of the molecule is O=C(Cn1cnnn1)N1CCC(F)(C(=O)O)C1. The van der Waals surface area contributed by atoms with Crippen molar-refractivity contribution < 1.29 is 19.1 Å². The van der Waals surface area contributed by atoms with Crippen LogP contribution in [0.15, 0.2) is 6.33 Å². The molecule has 92 valence electrons. The molecule has 1 saturated heterocycles. The topological polar surface area (TPSA) is 101 Å². The van der Waals surface area contributed by atoms with Gasteiger partial charge in [0.1, 0.15) is 12.9 Å². The predicted molar refractivity (Wildman–Crippen MR) is 50.5 cm³/mol. The number of aromatic nitrogens is 4. The van der Waals surface area contributed by atoms with Crippen LogP contribution in [0, 0.1) is 0 Å². The second kappa shape index (κ2) is 4.07. The fourth-order valence-electron chi connectivity index (χ4n) is 1.65. The van der Waals surface area contributed by atoms with E-state index >= 15 is 0 Å². The van der Waals surface area contributed by atoms with E-state index in [1.807, 2.05) is 0 Å². The maximum absolute atomic E-state index is 13.7. The van der Waals surface area contributed by atoms with Gasteiger partial charge in [0, 0.05) is 13.0 Å².